The molecule has 2 nitrogen and oxygen atoms in total. The number of halogens is 1. The normalized spacial score (nSPS) is 12.6. The largest absolute Gasteiger partial charge is 0.304 e. The van der Waals surface area contributed by atoms with Gasteiger partial charge < -0.3 is 5.32 Å². The number of aromatic nitrogens is 1. The van der Waals surface area contributed by atoms with Crippen LogP contribution in [0.1, 0.15) is 47.5 Å². The van der Waals surface area contributed by atoms with Gasteiger partial charge in [0.15, 0.2) is 0 Å². The Morgan fingerprint density at radius 2 is 2.15 bits per heavy atom. The first-order valence-electron chi connectivity index (χ1n) is 7.10. The average Bonchev–Trinajstić information content (AvgIpc) is 2.80. The number of rotatable bonds is 6. The molecule has 0 spiro atoms. The summed E-state index contributed by atoms with van der Waals surface area (Å²) in [5.74, 6) is 0. The fourth-order valence-electron chi connectivity index (χ4n) is 2.22. The van der Waals surface area contributed by atoms with Gasteiger partial charge in [0.2, 0.25) is 0 Å². The zero-order valence-corrected chi connectivity index (χ0v) is 14.6. The van der Waals surface area contributed by atoms with Gasteiger partial charge in [-0.15, -0.1) is 11.3 Å². The molecule has 1 aromatic heterocycles. The summed E-state index contributed by atoms with van der Waals surface area (Å²) in [5.41, 5.74) is 2.49. The molecule has 108 valence electrons. The van der Waals surface area contributed by atoms with Crippen molar-refractivity contribution < 1.29 is 0 Å². The molecule has 0 saturated carbocycles. The molecule has 1 heterocycles. The molecular formula is C16H21BrN2S. The first kappa shape index (κ1) is 15.7. The van der Waals surface area contributed by atoms with E-state index in [1.807, 2.05) is 11.3 Å². The molecule has 1 N–H and O–H groups in total. The van der Waals surface area contributed by atoms with E-state index in [9.17, 15) is 0 Å². The molecule has 0 saturated heterocycles. The first-order chi connectivity index (χ1) is 9.65. The van der Waals surface area contributed by atoms with E-state index in [1.165, 1.54) is 21.1 Å². The molecule has 0 fully saturated rings. The van der Waals surface area contributed by atoms with E-state index in [0.717, 1.165) is 23.9 Å². The zero-order chi connectivity index (χ0) is 14.5. The van der Waals surface area contributed by atoms with E-state index in [1.54, 1.807) is 0 Å². The zero-order valence-electron chi connectivity index (χ0n) is 12.2. The Hall–Kier alpha value is -0.710. The van der Waals surface area contributed by atoms with E-state index >= 15 is 0 Å². The molecule has 0 amide bonds. The van der Waals surface area contributed by atoms with Crippen LogP contribution in [0.25, 0.3) is 0 Å². The summed E-state index contributed by atoms with van der Waals surface area (Å²) in [6.07, 6.45) is 2.12. The van der Waals surface area contributed by atoms with Crippen LogP contribution < -0.4 is 5.32 Å². The Kier molecular flexibility index (Phi) is 5.75. The van der Waals surface area contributed by atoms with Crippen molar-refractivity contribution in [2.45, 2.75) is 39.7 Å². The third kappa shape index (κ3) is 3.68. The number of benzene rings is 1. The van der Waals surface area contributed by atoms with Gasteiger partial charge in [0.05, 0.1) is 11.7 Å². The molecule has 0 aliphatic rings. The van der Waals surface area contributed by atoms with Crippen LogP contribution in [0, 0.1) is 6.92 Å². The first-order valence-corrected chi connectivity index (χ1v) is 8.71. The maximum Gasteiger partial charge on any atom is 0.115 e. The molecule has 2 aromatic rings. The maximum atomic E-state index is 4.83. The van der Waals surface area contributed by atoms with Crippen molar-refractivity contribution in [2.24, 2.45) is 0 Å². The standard InChI is InChI=1S/C16H21BrN2S/c1-4-9-18-15(12-7-6-8-13(17)10-12)16-19-14(5-2)11(3)20-16/h6-8,10,15,18H,4-5,9H2,1-3H3. The summed E-state index contributed by atoms with van der Waals surface area (Å²) in [4.78, 5) is 6.16. The fourth-order valence-corrected chi connectivity index (χ4v) is 3.76. The molecule has 2 rings (SSSR count). The van der Waals surface area contributed by atoms with Crippen LogP contribution in [0.4, 0.5) is 0 Å². The molecule has 0 bridgehead atoms. The molecule has 4 heteroatoms. The predicted octanol–water partition coefficient (Wildman–Crippen LogP) is 4.87. The minimum Gasteiger partial charge on any atom is -0.304 e. The highest BCUT2D eigenvalue weighted by Crippen LogP contribution is 2.29. The van der Waals surface area contributed by atoms with Crippen molar-refractivity contribution in [3.63, 3.8) is 0 Å². The van der Waals surface area contributed by atoms with Crippen LogP contribution in [0.5, 0.6) is 0 Å². The second-order valence-electron chi connectivity index (χ2n) is 4.85. The number of aryl methyl sites for hydroxylation is 2. The van der Waals surface area contributed by atoms with Gasteiger partial charge in [-0.25, -0.2) is 4.98 Å². The number of thiazole rings is 1. The lowest BCUT2D eigenvalue weighted by molar-refractivity contribution is 0.594. The van der Waals surface area contributed by atoms with Gasteiger partial charge in [-0.2, -0.15) is 0 Å². The van der Waals surface area contributed by atoms with Gasteiger partial charge in [-0.1, -0.05) is 41.9 Å². The lowest BCUT2D eigenvalue weighted by Gasteiger charge is -2.17. The van der Waals surface area contributed by atoms with Crippen molar-refractivity contribution in [1.82, 2.24) is 10.3 Å². The van der Waals surface area contributed by atoms with Crippen LogP contribution >= 0.6 is 27.3 Å². The van der Waals surface area contributed by atoms with E-state index in [0.29, 0.717) is 0 Å². The molecule has 0 aliphatic heterocycles. The predicted molar refractivity (Wildman–Crippen MR) is 90.5 cm³/mol. The second kappa shape index (κ2) is 7.34. The monoisotopic (exact) mass is 352 g/mol. The quantitative estimate of drug-likeness (QED) is 0.802. The Bertz CT molecular complexity index is 565. The summed E-state index contributed by atoms with van der Waals surface area (Å²) < 4.78 is 1.11. The van der Waals surface area contributed by atoms with E-state index in [2.05, 4.69) is 66.3 Å². The fraction of sp³-hybridized carbons (Fsp3) is 0.438. The van der Waals surface area contributed by atoms with Crippen molar-refractivity contribution in [3.8, 4) is 0 Å². The van der Waals surface area contributed by atoms with Crippen LogP contribution in [0.3, 0.4) is 0 Å². The Morgan fingerprint density at radius 3 is 2.75 bits per heavy atom. The summed E-state index contributed by atoms with van der Waals surface area (Å²) in [7, 11) is 0. The van der Waals surface area contributed by atoms with Gasteiger partial charge in [0.25, 0.3) is 0 Å². The average molecular weight is 353 g/mol. The van der Waals surface area contributed by atoms with Gasteiger partial charge in [0.1, 0.15) is 5.01 Å². The number of hydrogen-bond acceptors (Lipinski definition) is 3. The molecule has 0 aliphatic carbocycles. The van der Waals surface area contributed by atoms with Crippen molar-refractivity contribution in [3.05, 3.63) is 49.9 Å². The Balaban J connectivity index is 2.35. The van der Waals surface area contributed by atoms with E-state index in [-0.39, 0.29) is 6.04 Å². The third-order valence-corrected chi connectivity index (χ3v) is 4.84. The maximum absolute atomic E-state index is 4.83. The molecule has 20 heavy (non-hydrogen) atoms. The van der Waals surface area contributed by atoms with Crippen LogP contribution in [-0.4, -0.2) is 11.5 Å². The SMILES string of the molecule is CCCNC(c1cccc(Br)c1)c1nc(CC)c(C)s1. The summed E-state index contributed by atoms with van der Waals surface area (Å²) in [5, 5.41) is 4.79. The van der Waals surface area contributed by atoms with E-state index in [4.69, 9.17) is 4.98 Å². The molecule has 1 atom stereocenters. The van der Waals surface area contributed by atoms with Crippen LogP contribution in [-0.2, 0) is 6.42 Å². The van der Waals surface area contributed by atoms with Crippen molar-refractivity contribution in [2.75, 3.05) is 6.54 Å². The summed E-state index contributed by atoms with van der Waals surface area (Å²) in [6, 6.07) is 8.68. The Labute approximate surface area is 133 Å². The van der Waals surface area contributed by atoms with Crippen molar-refractivity contribution >= 4 is 27.3 Å². The van der Waals surface area contributed by atoms with Crippen molar-refractivity contribution in [1.29, 1.82) is 0 Å². The minimum atomic E-state index is 0.191. The lowest BCUT2D eigenvalue weighted by Crippen LogP contribution is -2.23. The van der Waals surface area contributed by atoms with Gasteiger partial charge >= 0.3 is 0 Å². The third-order valence-electron chi connectivity index (χ3n) is 3.27. The topological polar surface area (TPSA) is 24.9 Å². The number of nitrogens with one attached hydrogen (secondary N) is 1. The molecule has 0 radical (unpaired) electrons. The van der Waals surface area contributed by atoms with Gasteiger partial charge in [-0.3, -0.25) is 0 Å². The second-order valence-corrected chi connectivity index (χ2v) is 7.00. The van der Waals surface area contributed by atoms with Gasteiger partial charge in [0, 0.05) is 9.35 Å². The summed E-state index contributed by atoms with van der Waals surface area (Å²) in [6.45, 7) is 7.52. The van der Waals surface area contributed by atoms with Gasteiger partial charge in [-0.05, 0) is 44.0 Å². The lowest BCUT2D eigenvalue weighted by atomic mass is 10.1. The number of nitrogens with zero attached hydrogens (tertiary/aromatic N) is 1. The van der Waals surface area contributed by atoms with Crippen LogP contribution in [0.2, 0.25) is 0 Å². The summed E-state index contributed by atoms with van der Waals surface area (Å²) >= 11 is 5.37. The molecular weight excluding hydrogens is 332 g/mol. The highest BCUT2D eigenvalue weighted by atomic mass is 79.9. The molecule has 1 unspecified atom stereocenters. The van der Waals surface area contributed by atoms with Crippen LogP contribution in [0.15, 0.2) is 28.7 Å². The van der Waals surface area contributed by atoms with E-state index < -0.39 is 0 Å². The Morgan fingerprint density at radius 1 is 1.35 bits per heavy atom. The smallest absolute Gasteiger partial charge is 0.115 e. The highest BCUT2D eigenvalue weighted by molar-refractivity contribution is 9.10. The highest BCUT2D eigenvalue weighted by Gasteiger charge is 2.18. The molecule has 1 aromatic carbocycles. The minimum absolute atomic E-state index is 0.191. The number of hydrogen-bond donors (Lipinski definition) is 1.